The number of hydrogen-bond donors (Lipinski definition) is 0. The lowest BCUT2D eigenvalue weighted by atomic mass is 10.0. The van der Waals surface area contributed by atoms with Crippen LogP contribution < -0.4 is 0 Å². The van der Waals surface area contributed by atoms with Crippen LogP contribution in [-0.4, -0.2) is 41.4 Å². The van der Waals surface area contributed by atoms with Crippen molar-refractivity contribution >= 4 is 33.7 Å². The zero-order chi connectivity index (χ0) is 27.6. The molecule has 0 atom stereocenters. The maximum atomic E-state index is 12.1. The Balaban J connectivity index is 0.000000338. The number of rotatable bonds is 6. The van der Waals surface area contributed by atoms with Crippen molar-refractivity contribution in [1.82, 2.24) is 9.13 Å². The number of fused-ring (bicyclic) bond motifs is 2. The minimum Gasteiger partial charge on any atom is -0.465 e. The number of ether oxygens (including phenoxy) is 2. The molecule has 7 heteroatoms. The first-order valence-corrected chi connectivity index (χ1v) is 11.9. The third-order valence-electron chi connectivity index (χ3n) is 5.84. The number of aryl methyl sites for hydroxylation is 2. The summed E-state index contributed by atoms with van der Waals surface area (Å²) >= 11 is 0. The average molecular weight is 514 g/mol. The number of nitrogens with zero attached hydrogens (tertiary/aromatic N) is 2. The third kappa shape index (κ3) is 7.21. The van der Waals surface area contributed by atoms with Crippen LogP contribution >= 0.6 is 0 Å². The highest BCUT2D eigenvalue weighted by Gasteiger charge is 2.33. The van der Waals surface area contributed by atoms with E-state index >= 15 is 0 Å². The molecule has 6 nitrogen and oxygen atoms in total. The maximum Gasteiger partial charge on any atom is 0.331 e. The predicted octanol–water partition coefficient (Wildman–Crippen LogP) is 6.98. The molecule has 0 saturated carbocycles. The molecule has 0 radical (unpaired) electrons. The monoisotopic (exact) mass is 513 g/mol. The highest BCUT2D eigenvalue weighted by molar-refractivity contribution is 5.86. The molecule has 4 aromatic rings. The lowest BCUT2D eigenvalue weighted by molar-refractivity contribution is -0.152. The van der Waals surface area contributed by atoms with Crippen LogP contribution in [0.2, 0.25) is 0 Å². The van der Waals surface area contributed by atoms with E-state index in [1.807, 2.05) is 93.1 Å². The van der Waals surface area contributed by atoms with Crippen molar-refractivity contribution < 1.29 is 24.8 Å². The zero-order valence-corrected chi connectivity index (χ0v) is 22.0. The molecule has 4 rings (SSSR count). The maximum absolute atomic E-state index is 12.1. The summed E-state index contributed by atoms with van der Waals surface area (Å²) in [7, 11) is -1.00. The molecule has 0 N–H and O–H groups in total. The molecule has 0 aliphatic rings. The summed E-state index contributed by atoms with van der Waals surface area (Å²) in [6.07, 6.45) is 0. The van der Waals surface area contributed by atoms with Gasteiger partial charge in [0.1, 0.15) is 12.1 Å². The SMILES string of the molecule is C.CCOC(=O)C(C)(C)n1c(C)cc2ccccc21.CCOC(=O)Cn1c(C)cc2ccccc21.[2H]CF. The first kappa shape index (κ1) is 29.6. The third-order valence-corrected chi connectivity index (χ3v) is 5.84. The first-order chi connectivity index (χ1) is 17.6. The minimum atomic E-state index is -1.00. The predicted molar refractivity (Wildman–Crippen MR) is 150 cm³/mol. The lowest BCUT2D eigenvalue weighted by Crippen LogP contribution is -2.38. The molecular formula is C30H41FN2O4. The molecule has 2 aromatic carbocycles. The van der Waals surface area contributed by atoms with Gasteiger partial charge in [0, 0.05) is 22.4 Å². The van der Waals surface area contributed by atoms with Gasteiger partial charge in [0.25, 0.3) is 0 Å². The fraction of sp³-hybridized carbons (Fsp3) is 0.400. The Labute approximate surface area is 221 Å². The number of aromatic nitrogens is 2. The summed E-state index contributed by atoms with van der Waals surface area (Å²) in [6.45, 7) is 12.6. The second kappa shape index (κ2) is 14.2. The van der Waals surface area contributed by atoms with E-state index < -0.39 is 12.7 Å². The number of benzene rings is 2. The number of para-hydroxylation sites is 2. The van der Waals surface area contributed by atoms with Crippen LogP contribution in [0.4, 0.5) is 4.39 Å². The van der Waals surface area contributed by atoms with Crippen molar-refractivity contribution in [2.24, 2.45) is 0 Å². The van der Waals surface area contributed by atoms with Crippen LogP contribution in [0.1, 0.15) is 47.9 Å². The van der Waals surface area contributed by atoms with Gasteiger partial charge in [-0.2, -0.15) is 0 Å². The van der Waals surface area contributed by atoms with E-state index in [1.165, 1.54) is 0 Å². The van der Waals surface area contributed by atoms with E-state index in [9.17, 15) is 14.0 Å². The Morgan fingerprint density at radius 3 is 1.95 bits per heavy atom. The molecule has 37 heavy (non-hydrogen) atoms. The van der Waals surface area contributed by atoms with Crippen molar-refractivity contribution in [1.29, 1.82) is 0 Å². The van der Waals surface area contributed by atoms with Gasteiger partial charge in [0.2, 0.25) is 0 Å². The highest BCUT2D eigenvalue weighted by Crippen LogP contribution is 2.28. The Bertz CT molecular complexity index is 1330. The van der Waals surface area contributed by atoms with Crippen LogP contribution in [0.25, 0.3) is 21.8 Å². The molecular weight excluding hydrogens is 471 g/mol. The number of esters is 2. The number of hydrogen-bond acceptors (Lipinski definition) is 4. The highest BCUT2D eigenvalue weighted by atomic mass is 19.1. The summed E-state index contributed by atoms with van der Waals surface area (Å²) < 4.78 is 29.7. The van der Waals surface area contributed by atoms with E-state index in [0.29, 0.717) is 13.2 Å². The Kier molecular flexibility index (Phi) is 11.4. The van der Waals surface area contributed by atoms with E-state index in [0.717, 1.165) is 33.2 Å². The summed E-state index contributed by atoms with van der Waals surface area (Å²) in [4.78, 5) is 23.6. The fourth-order valence-corrected chi connectivity index (χ4v) is 4.33. The second-order valence-corrected chi connectivity index (χ2v) is 8.70. The molecule has 0 aliphatic carbocycles. The van der Waals surface area contributed by atoms with Crippen LogP contribution in [0.3, 0.4) is 0 Å². The number of alkyl halides is 1. The molecule has 202 valence electrons. The van der Waals surface area contributed by atoms with Gasteiger partial charge in [-0.3, -0.25) is 9.18 Å². The average Bonchev–Trinajstić information content (AvgIpc) is 3.36. The number of carbonyl (C=O) groups is 2. The molecule has 0 amide bonds. The van der Waals surface area contributed by atoms with E-state index in [1.54, 1.807) is 0 Å². The number of carbonyl (C=O) groups excluding carboxylic acids is 2. The molecule has 0 saturated heterocycles. The van der Waals surface area contributed by atoms with Crippen LogP contribution in [0, 0.1) is 13.8 Å². The van der Waals surface area contributed by atoms with Gasteiger partial charge in [-0.15, -0.1) is 0 Å². The largest absolute Gasteiger partial charge is 0.465 e. The fourth-order valence-electron chi connectivity index (χ4n) is 4.33. The van der Waals surface area contributed by atoms with Crippen LogP contribution in [0.15, 0.2) is 60.7 Å². The molecule has 0 spiro atoms. The van der Waals surface area contributed by atoms with Crippen molar-refractivity contribution in [2.75, 3.05) is 20.4 Å². The van der Waals surface area contributed by atoms with Gasteiger partial charge in [-0.05, 0) is 76.6 Å². The molecule has 0 unspecified atom stereocenters. The van der Waals surface area contributed by atoms with Crippen LogP contribution in [-0.2, 0) is 31.1 Å². The summed E-state index contributed by atoms with van der Waals surface area (Å²) in [6, 6.07) is 20.3. The van der Waals surface area contributed by atoms with Crippen molar-refractivity contribution in [2.45, 2.75) is 61.1 Å². The van der Waals surface area contributed by atoms with Crippen molar-refractivity contribution in [3.05, 3.63) is 72.1 Å². The van der Waals surface area contributed by atoms with Gasteiger partial charge < -0.3 is 18.6 Å². The van der Waals surface area contributed by atoms with Gasteiger partial charge in [0.15, 0.2) is 0 Å². The second-order valence-electron chi connectivity index (χ2n) is 8.70. The number of halogens is 1. The van der Waals surface area contributed by atoms with Gasteiger partial charge in [-0.1, -0.05) is 43.8 Å². The minimum absolute atomic E-state index is 0. The molecule has 0 fully saturated rings. The van der Waals surface area contributed by atoms with Gasteiger partial charge in [-0.25, -0.2) is 4.79 Å². The van der Waals surface area contributed by atoms with Gasteiger partial charge in [0.05, 0.1) is 21.7 Å². The summed E-state index contributed by atoms with van der Waals surface area (Å²) in [5.74, 6) is -0.388. The summed E-state index contributed by atoms with van der Waals surface area (Å²) in [5.41, 5.74) is 3.59. The molecule has 0 aliphatic heterocycles. The molecule has 2 heterocycles. The molecule has 0 bridgehead atoms. The van der Waals surface area contributed by atoms with Crippen molar-refractivity contribution in [3.63, 3.8) is 0 Å². The van der Waals surface area contributed by atoms with E-state index in [-0.39, 0.29) is 25.9 Å². The zero-order valence-electron chi connectivity index (χ0n) is 23.0. The first-order valence-electron chi connectivity index (χ1n) is 12.6. The lowest BCUT2D eigenvalue weighted by Gasteiger charge is -2.27. The quantitative estimate of drug-likeness (QED) is 0.261. The Morgan fingerprint density at radius 2 is 1.38 bits per heavy atom. The standard InChI is InChI=1S/C15H19NO2.C13H15NO2.CH3F.CH4/c1-5-18-14(17)15(3,4)16-11(2)10-12-8-6-7-9-13(12)16;1-3-16-13(15)9-14-10(2)8-11-6-4-5-7-12(11)14;1-2;/h6-10H,5H2,1-4H3;4-8H,3,9H2,1-2H3;1H3;1H4/i;;1D;. The topological polar surface area (TPSA) is 62.5 Å². The molecule has 2 aromatic heterocycles. The van der Waals surface area contributed by atoms with Crippen molar-refractivity contribution in [3.8, 4) is 0 Å². The smallest absolute Gasteiger partial charge is 0.331 e. The normalized spacial score (nSPS) is 10.8. The Hall–Kier alpha value is -3.61. The van der Waals surface area contributed by atoms with Gasteiger partial charge >= 0.3 is 11.9 Å². The Morgan fingerprint density at radius 1 is 0.892 bits per heavy atom. The van der Waals surface area contributed by atoms with E-state index in [2.05, 4.69) is 18.2 Å². The summed E-state index contributed by atoms with van der Waals surface area (Å²) in [5, 5.41) is 2.30. The van der Waals surface area contributed by atoms with E-state index in [4.69, 9.17) is 10.8 Å². The van der Waals surface area contributed by atoms with Crippen LogP contribution in [0.5, 0.6) is 0 Å².